The molecule has 2 fully saturated rings. The molecule has 37 heavy (non-hydrogen) atoms. The zero-order valence-electron chi connectivity index (χ0n) is 20.5. The second-order valence-corrected chi connectivity index (χ2v) is 11.0. The van der Waals surface area contributed by atoms with Crippen LogP contribution in [0, 0.1) is 6.92 Å². The number of carbonyl (C=O) groups excluding carboxylic acids is 1. The quantitative estimate of drug-likeness (QED) is 0.370. The summed E-state index contributed by atoms with van der Waals surface area (Å²) in [5.74, 6) is 1.96. The van der Waals surface area contributed by atoms with Crippen molar-refractivity contribution in [1.29, 1.82) is 0 Å². The molecule has 0 radical (unpaired) electrons. The summed E-state index contributed by atoms with van der Waals surface area (Å²) in [5.41, 5.74) is 2.90. The molecule has 0 spiro atoms. The van der Waals surface area contributed by atoms with Crippen LogP contribution in [-0.2, 0) is 11.3 Å². The molecule has 3 aliphatic rings. The molecule has 0 saturated carbocycles. The lowest BCUT2D eigenvalue weighted by Gasteiger charge is -2.36. The standard InChI is InChI=1S/C26H25N5O4S2/c1-16-3-6-22-27-23(18(24(32)31(22)13-16)12-21-25(33)28(2)26(36)37-21)30-9-7-29(8-10-30)14-17-4-5-19-20(11-17)35-15-34-19/h3-6,11-13H,7-10,14-15H2,1-2H3/b21-12-. The van der Waals surface area contributed by atoms with Gasteiger partial charge in [-0.3, -0.25) is 23.8 Å². The largest absolute Gasteiger partial charge is 0.454 e. The Bertz CT molecular complexity index is 1530. The number of aryl methyl sites for hydroxylation is 1. The Morgan fingerprint density at radius 2 is 1.86 bits per heavy atom. The number of amides is 1. The highest BCUT2D eigenvalue weighted by molar-refractivity contribution is 8.26. The zero-order valence-corrected chi connectivity index (χ0v) is 22.1. The third-order valence-electron chi connectivity index (χ3n) is 6.76. The molecule has 2 aromatic heterocycles. The van der Waals surface area contributed by atoms with Gasteiger partial charge in [0.25, 0.3) is 11.5 Å². The van der Waals surface area contributed by atoms with Crippen LogP contribution < -0.4 is 19.9 Å². The Kier molecular flexibility index (Phi) is 6.13. The molecule has 2 saturated heterocycles. The third kappa shape index (κ3) is 4.47. The number of benzene rings is 1. The fraction of sp³-hybridized carbons (Fsp3) is 0.308. The second-order valence-electron chi connectivity index (χ2n) is 9.28. The second kappa shape index (κ2) is 9.47. The van der Waals surface area contributed by atoms with Crippen LogP contribution >= 0.6 is 24.0 Å². The molecule has 5 heterocycles. The average Bonchev–Trinajstić information content (AvgIpc) is 3.46. The van der Waals surface area contributed by atoms with E-state index in [9.17, 15) is 9.59 Å². The van der Waals surface area contributed by atoms with Crippen LogP contribution in [0.15, 0.2) is 46.2 Å². The molecular formula is C26H25N5O4S2. The number of anilines is 1. The van der Waals surface area contributed by atoms with Crippen molar-refractivity contribution >= 4 is 51.7 Å². The topological polar surface area (TPSA) is 79.6 Å². The fourth-order valence-corrected chi connectivity index (χ4v) is 5.87. The maximum Gasteiger partial charge on any atom is 0.267 e. The van der Waals surface area contributed by atoms with E-state index in [0.717, 1.165) is 42.3 Å². The molecule has 1 amide bonds. The lowest BCUT2D eigenvalue weighted by molar-refractivity contribution is -0.121. The maximum absolute atomic E-state index is 13.7. The Morgan fingerprint density at radius 1 is 1.08 bits per heavy atom. The predicted molar refractivity (Wildman–Crippen MR) is 147 cm³/mol. The summed E-state index contributed by atoms with van der Waals surface area (Å²) in [6, 6.07) is 9.84. The molecule has 1 aromatic carbocycles. The van der Waals surface area contributed by atoms with Gasteiger partial charge in [0, 0.05) is 46.0 Å². The minimum Gasteiger partial charge on any atom is -0.454 e. The van der Waals surface area contributed by atoms with Gasteiger partial charge in [0.15, 0.2) is 11.5 Å². The van der Waals surface area contributed by atoms with E-state index in [1.165, 1.54) is 16.7 Å². The van der Waals surface area contributed by atoms with E-state index in [1.54, 1.807) is 23.7 Å². The zero-order chi connectivity index (χ0) is 25.7. The summed E-state index contributed by atoms with van der Waals surface area (Å²) in [6.45, 7) is 6.01. The minimum absolute atomic E-state index is 0.201. The van der Waals surface area contributed by atoms with Crippen molar-refractivity contribution < 1.29 is 14.3 Å². The lowest BCUT2D eigenvalue weighted by Crippen LogP contribution is -2.47. The molecule has 6 rings (SSSR count). The number of ether oxygens (including phenoxy) is 2. The van der Waals surface area contributed by atoms with Crippen molar-refractivity contribution in [3.05, 3.63) is 68.5 Å². The number of likely N-dealkylation sites (N-methyl/N-ethyl adjacent to an activating group) is 1. The van der Waals surface area contributed by atoms with E-state index in [-0.39, 0.29) is 18.3 Å². The van der Waals surface area contributed by atoms with Crippen LogP contribution in [-0.4, -0.2) is 69.4 Å². The van der Waals surface area contributed by atoms with E-state index < -0.39 is 0 Å². The molecule has 0 unspecified atom stereocenters. The first-order chi connectivity index (χ1) is 17.9. The van der Waals surface area contributed by atoms with Gasteiger partial charge in [0.1, 0.15) is 15.8 Å². The smallest absolute Gasteiger partial charge is 0.267 e. The van der Waals surface area contributed by atoms with Gasteiger partial charge in [-0.25, -0.2) is 4.98 Å². The van der Waals surface area contributed by atoms with Gasteiger partial charge in [-0.2, -0.15) is 0 Å². The van der Waals surface area contributed by atoms with E-state index in [0.29, 0.717) is 39.3 Å². The Labute approximate surface area is 223 Å². The first-order valence-corrected chi connectivity index (χ1v) is 13.2. The number of nitrogens with zero attached hydrogens (tertiary/aromatic N) is 5. The predicted octanol–water partition coefficient (Wildman–Crippen LogP) is 2.88. The monoisotopic (exact) mass is 535 g/mol. The molecular weight excluding hydrogens is 510 g/mol. The van der Waals surface area contributed by atoms with Crippen LogP contribution in [0.2, 0.25) is 0 Å². The highest BCUT2D eigenvalue weighted by Gasteiger charge is 2.30. The van der Waals surface area contributed by atoms with Crippen molar-refractivity contribution in [3.8, 4) is 11.5 Å². The summed E-state index contributed by atoms with van der Waals surface area (Å²) < 4.78 is 13.0. The number of hydrogen-bond acceptors (Lipinski definition) is 9. The van der Waals surface area contributed by atoms with Gasteiger partial charge in [0.2, 0.25) is 6.79 Å². The number of thioether (sulfide) groups is 1. The minimum atomic E-state index is -0.205. The number of hydrogen-bond donors (Lipinski definition) is 0. The third-order valence-corrected chi connectivity index (χ3v) is 8.25. The highest BCUT2D eigenvalue weighted by atomic mass is 32.2. The van der Waals surface area contributed by atoms with Crippen LogP contribution in [0.3, 0.4) is 0 Å². The molecule has 0 atom stereocenters. The molecule has 9 nitrogen and oxygen atoms in total. The van der Waals surface area contributed by atoms with Gasteiger partial charge >= 0.3 is 0 Å². The molecule has 3 aliphatic heterocycles. The summed E-state index contributed by atoms with van der Waals surface area (Å²) in [7, 11) is 1.65. The number of aromatic nitrogens is 2. The van der Waals surface area contributed by atoms with Crippen LogP contribution in [0.1, 0.15) is 16.7 Å². The van der Waals surface area contributed by atoms with Gasteiger partial charge in [-0.05, 0) is 42.3 Å². The highest BCUT2D eigenvalue weighted by Crippen LogP contribution is 2.34. The Morgan fingerprint density at radius 3 is 2.62 bits per heavy atom. The molecule has 0 N–H and O–H groups in total. The number of pyridine rings is 1. The van der Waals surface area contributed by atoms with Gasteiger partial charge in [-0.1, -0.05) is 36.1 Å². The molecule has 11 heteroatoms. The number of rotatable bonds is 4. The molecule has 0 bridgehead atoms. The van der Waals surface area contributed by atoms with Crippen molar-refractivity contribution in [3.63, 3.8) is 0 Å². The van der Waals surface area contributed by atoms with Gasteiger partial charge in [-0.15, -0.1) is 0 Å². The molecule has 190 valence electrons. The van der Waals surface area contributed by atoms with E-state index in [1.807, 2.05) is 31.2 Å². The fourth-order valence-electron chi connectivity index (χ4n) is 4.71. The summed E-state index contributed by atoms with van der Waals surface area (Å²) >= 11 is 6.49. The maximum atomic E-state index is 13.7. The number of fused-ring (bicyclic) bond motifs is 2. The first kappa shape index (κ1) is 24.0. The lowest BCUT2D eigenvalue weighted by atomic mass is 10.1. The van der Waals surface area contributed by atoms with Crippen molar-refractivity contribution in [2.45, 2.75) is 13.5 Å². The number of carbonyl (C=O) groups is 1. The van der Waals surface area contributed by atoms with Crippen LogP contribution in [0.4, 0.5) is 5.82 Å². The summed E-state index contributed by atoms with van der Waals surface area (Å²) in [6.07, 6.45) is 3.43. The Hall–Kier alpha value is -3.41. The van der Waals surface area contributed by atoms with Crippen molar-refractivity contribution in [1.82, 2.24) is 19.2 Å². The first-order valence-electron chi connectivity index (χ1n) is 12.0. The van der Waals surface area contributed by atoms with Crippen molar-refractivity contribution in [2.75, 3.05) is 44.9 Å². The summed E-state index contributed by atoms with van der Waals surface area (Å²) in [5, 5.41) is 0. The van der Waals surface area contributed by atoms with Crippen LogP contribution in [0.5, 0.6) is 11.5 Å². The van der Waals surface area contributed by atoms with Gasteiger partial charge in [0.05, 0.1) is 10.5 Å². The van der Waals surface area contributed by atoms with Crippen molar-refractivity contribution in [2.24, 2.45) is 0 Å². The molecule has 3 aromatic rings. The van der Waals surface area contributed by atoms with Gasteiger partial charge < -0.3 is 14.4 Å². The molecule has 0 aliphatic carbocycles. The average molecular weight is 536 g/mol. The number of piperazine rings is 1. The normalized spacial score (nSPS) is 19.0. The Balaban J connectivity index is 1.29. The summed E-state index contributed by atoms with van der Waals surface area (Å²) in [4.78, 5) is 37.6. The SMILES string of the molecule is Cc1ccc2nc(N3CCN(Cc4ccc5c(c4)OCO5)CC3)c(/C=C3\SC(=S)N(C)C3=O)c(=O)n2c1. The van der Waals surface area contributed by atoms with Crippen LogP contribution in [0.25, 0.3) is 11.7 Å². The van der Waals surface area contributed by atoms with E-state index in [2.05, 4.69) is 15.9 Å². The van der Waals surface area contributed by atoms with E-state index in [4.69, 9.17) is 26.7 Å². The van der Waals surface area contributed by atoms with E-state index >= 15 is 0 Å². The number of thiocarbonyl (C=S) groups is 1.